The number of carbonyl (C=O) groups is 1. The fourth-order valence-electron chi connectivity index (χ4n) is 2.54. The number of amides is 1. The highest BCUT2D eigenvalue weighted by atomic mass is 16.5. The molecule has 0 fully saturated rings. The topological polar surface area (TPSA) is 64.4 Å². The molecule has 3 aromatic rings. The van der Waals surface area contributed by atoms with E-state index in [2.05, 4.69) is 10.5 Å². The van der Waals surface area contributed by atoms with Gasteiger partial charge in [0.05, 0.1) is 18.9 Å². The highest BCUT2D eigenvalue weighted by Gasteiger charge is 2.13. The molecule has 1 N–H and O–H groups in total. The minimum Gasteiger partial charge on any atom is -0.497 e. The van der Waals surface area contributed by atoms with Crippen molar-refractivity contribution in [1.82, 2.24) is 5.16 Å². The van der Waals surface area contributed by atoms with E-state index in [9.17, 15) is 4.79 Å². The molecule has 3 rings (SSSR count). The monoisotopic (exact) mass is 336 g/mol. The van der Waals surface area contributed by atoms with Gasteiger partial charge in [-0.05, 0) is 36.6 Å². The second kappa shape index (κ2) is 7.66. The number of anilines is 1. The number of ether oxygens (including phenoxy) is 1. The van der Waals surface area contributed by atoms with Gasteiger partial charge in [0.15, 0.2) is 0 Å². The predicted octanol–water partition coefficient (Wildman–Crippen LogP) is 4.23. The van der Waals surface area contributed by atoms with Crippen molar-refractivity contribution in [3.8, 4) is 16.9 Å². The summed E-state index contributed by atoms with van der Waals surface area (Å²) in [7, 11) is 1.63. The van der Waals surface area contributed by atoms with E-state index in [-0.39, 0.29) is 5.91 Å². The van der Waals surface area contributed by atoms with Gasteiger partial charge >= 0.3 is 0 Å². The van der Waals surface area contributed by atoms with Crippen molar-refractivity contribution in [2.24, 2.45) is 0 Å². The SMILES string of the molecule is COc1cccc(CCC(=O)Nc2oncc2-c2ccc(C)cc2)c1. The van der Waals surface area contributed by atoms with Gasteiger partial charge in [-0.1, -0.05) is 47.1 Å². The molecular weight excluding hydrogens is 316 g/mol. The molecule has 2 aromatic carbocycles. The summed E-state index contributed by atoms with van der Waals surface area (Å²) in [5.41, 5.74) is 3.94. The Morgan fingerprint density at radius 1 is 1.20 bits per heavy atom. The van der Waals surface area contributed by atoms with E-state index >= 15 is 0 Å². The van der Waals surface area contributed by atoms with Gasteiger partial charge in [0.2, 0.25) is 11.8 Å². The molecule has 0 saturated heterocycles. The van der Waals surface area contributed by atoms with Gasteiger partial charge in [-0.2, -0.15) is 0 Å². The Balaban J connectivity index is 1.64. The summed E-state index contributed by atoms with van der Waals surface area (Å²) in [5, 5.41) is 6.61. The largest absolute Gasteiger partial charge is 0.497 e. The minimum absolute atomic E-state index is 0.118. The standard InChI is InChI=1S/C20H20N2O3/c1-14-6-9-16(10-7-14)18-13-21-25-20(18)22-19(23)11-8-15-4-3-5-17(12-15)24-2/h3-7,9-10,12-13H,8,11H2,1-2H3,(H,22,23). The fraction of sp³-hybridized carbons (Fsp3) is 0.200. The Kier molecular flexibility index (Phi) is 5.14. The predicted molar refractivity (Wildman–Crippen MR) is 96.6 cm³/mol. The summed E-state index contributed by atoms with van der Waals surface area (Å²) < 4.78 is 10.4. The summed E-state index contributed by atoms with van der Waals surface area (Å²) >= 11 is 0. The van der Waals surface area contributed by atoms with Crippen LogP contribution in [0.1, 0.15) is 17.5 Å². The number of hydrogen-bond acceptors (Lipinski definition) is 4. The molecule has 5 nitrogen and oxygen atoms in total. The first-order valence-corrected chi connectivity index (χ1v) is 8.10. The zero-order valence-corrected chi connectivity index (χ0v) is 14.3. The van der Waals surface area contributed by atoms with Crippen molar-refractivity contribution in [2.75, 3.05) is 12.4 Å². The molecule has 1 heterocycles. The van der Waals surface area contributed by atoms with Crippen LogP contribution in [0.2, 0.25) is 0 Å². The molecule has 25 heavy (non-hydrogen) atoms. The van der Waals surface area contributed by atoms with Crippen molar-refractivity contribution in [3.63, 3.8) is 0 Å². The minimum atomic E-state index is -0.118. The summed E-state index contributed by atoms with van der Waals surface area (Å²) in [6, 6.07) is 15.7. The number of benzene rings is 2. The Hall–Kier alpha value is -3.08. The molecule has 0 saturated carbocycles. The van der Waals surface area contributed by atoms with Crippen molar-refractivity contribution in [1.29, 1.82) is 0 Å². The fourth-order valence-corrected chi connectivity index (χ4v) is 2.54. The number of aromatic nitrogens is 1. The molecule has 128 valence electrons. The van der Waals surface area contributed by atoms with Crippen molar-refractivity contribution < 1.29 is 14.1 Å². The lowest BCUT2D eigenvalue weighted by atomic mass is 10.1. The maximum absolute atomic E-state index is 12.2. The summed E-state index contributed by atoms with van der Waals surface area (Å²) in [6.07, 6.45) is 2.58. The number of aryl methyl sites for hydroxylation is 2. The first-order valence-electron chi connectivity index (χ1n) is 8.10. The molecule has 1 aromatic heterocycles. The van der Waals surface area contributed by atoms with E-state index in [1.165, 1.54) is 5.56 Å². The zero-order valence-electron chi connectivity index (χ0n) is 14.3. The van der Waals surface area contributed by atoms with E-state index in [0.29, 0.717) is 18.7 Å². The Morgan fingerprint density at radius 3 is 2.76 bits per heavy atom. The number of nitrogens with zero attached hydrogens (tertiary/aromatic N) is 1. The highest BCUT2D eigenvalue weighted by Crippen LogP contribution is 2.28. The molecule has 1 amide bonds. The molecule has 0 unspecified atom stereocenters. The lowest BCUT2D eigenvalue weighted by Crippen LogP contribution is -2.12. The molecule has 0 spiro atoms. The van der Waals surface area contributed by atoms with Crippen LogP contribution in [0.3, 0.4) is 0 Å². The summed E-state index contributed by atoms with van der Waals surface area (Å²) in [4.78, 5) is 12.2. The summed E-state index contributed by atoms with van der Waals surface area (Å²) in [5.74, 6) is 1.04. The molecule has 0 aliphatic heterocycles. The molecule has 0 atom stereocenters. The van der Waals surface area contributed by atoms with Gasteiger partial charge in [0.25, 0.3) is 0 Å². The number of nitrogens with one attached hydrogen (secondary N) is 1. The van der Waals surface area contributed by atoms with Gasteiger partial charge in [-0.15, -0.1) is 0 Å². The summed E-state index contributed by atoms with van der Waals surface area (Å²) in [6.45, 7) is 2.03. The van der Waals surface area contributed by atoms with E-state index in [1.54, 1.807) is 13.3 Å². The zero-order chi connectivity index (χ0) is 17.6. The van der Waals surface area contributed by atoms with Gasteiger partial charge < -0.3 is 9.26 Å². The first-order chi connectivity index (χ1) is 12.2. The van der Waals surface area contributed by atoms with Crippen LogP contribution in [-0.2, 0) is 11.2 Å². The van der Waals surface area contributed by atoms with Gasteiger partial charge in [-0.3, -0.25) is 10.1 Å². The van der Waals surface area contributed by atoms with Gasteiger partial charge in [-0.25, -0.2) is 0 Å². The maximum Gasteiger partial charge on any atom is 0.239 e. The van der Waals surface area contributed by atoms with Crippen LogP contribution in [0.25, 0.3) is 11.1 Å². The lowest BCUT2D eigenvalue weighted by Gasteiger charge is -2.06. The number of rotatable bonds is 6. The quantitative estimate of drug-likeness (QED) is 0.731. The molecular formula is C20H20N2O3. The average molecular weight is 336 g/mol. The van der Waals surface area contributed by atoms with E-state index in [0.717, 1.165) is 22.4 Å². The van der Waals surface area contributed by atoms with E-state index < -0.39 is 0 Å². The van der Waals surface area contributed by atoms with Gasteiger partial charge in [0, 0.05) is 6.42 Å². The maximum atomic E-state index is 12.2. The van der Waals surface area contributed by atoms with Crippen molar-refractivity contribution in [3.05, 3.63) is 65.9 Å². The molecule has 5 heteroatoms. The second-order valence-electron chi connectivity index (χ2n) is 5.83. The lowest BCUT2D eigenvalue weighted by molar-refractivity contribution is -0.116. The van der Waals surface area contributed by atoms with Crippen molar-refractivity contribution in [2.45, 2.75) is 19.8 Å². The molecule has 0 aliphatic carbocycles. The Labute approximate surface area is 146 Å². The van der Waals surface area contributed by atoms with Crippen LogP contribution < -0.4 is 10.1 Å². The number of hydrogen-bond donors (Lipinski definition) is 1. The molecule has 0 aliphatic rings. The normalized spacial score (nSPS) is 10.5. The van der Waals surface area contributed by atoms with Crippen LogP contribution in [0.5, 0.6) is 5.75 Å². The second-order valence-corrected chi connectivity index (χ2v) is 5.83. The van der Waals surface area contributed by atoms with Crippen LogP contribution in [0.4, 0.5) is 5.88 Å². The van der Waals surface area contributed by atoms with Crippen LogP contribution in [0, 0.1) is 6.92 Å². The molecule has 0 radical (unpaired) electrons. The molecule has 0 bridgehead atoms. The highest BCUT2D eigenvalue weighted by molar-refractivity contribution is 5.93. The van der Waals surface area contributed by atoms with E-state index in [1.807, 2.05) is 55.5 Å². The third-order valence-corrected chi connectivity index (χ3v) is 3.96. The van der Waals surface area contributed by atoms with Gasteiger partial charge in [0.1, 0.15) is 5.75 Å². The Morgan fingerprint density at radius 2 is 2.00 bits per heavy atom. The van der Waals surface area contributed by atoms with Crippen LogP contribution >= 0.6 is 0 Å². The van der Waals surface area contributed by atoms with Crippen LogP contribution in [0.15, 0.2) is 59.3 Å². The first kappa shape index (κ1) is 16.8. The third-order valence-electron chi connectivity index (χ3n) is 3.96. The van der Waals surface area contributed by atoms with Crippen LogP contribution in [-0.4, -0.2) is 18.2 Å². The smallest absolute Gasteiger partial charge is 0.239 e. The average Bonchev–Trinajstić information content (AvgIpc) is 3.09. The number of methoxy groups -OCH3 is 1. The van der Waals surface area contributed by atoms with E-state index in [4.69, 9.17) is 9.26 Å². The Bertz CT molecular complexity index is 853. The van der Waals surface area contributed by atoms with Crippen molar-refractivity contribution >= 4 is 11.8 Å². The third kappa shape index (κ3) is 4.26. The number of carbonyl (C=O) groups excluding carboxylic acids is 1.